The Morgan fingerprint density at radius 1 is 1.19 bits per heavy atom. The summed E-state index contributed by atoms with van der Waals surface area (Å²) in [5, 5.41) is 13.0. The molecule has 196 valence electrons. The summed E-state index contributed by atoms with van der Waals surface area (Å²) < 4.78 is 22.0. The lowest BCUT2D eigenvalue weighted by Crippen LogP contribution is -2.25. The molecule has 0 saturated heterocycles. The van der Waals surface area contributed by atoms with Crippen LogP contribution >= 0.6 is 46.6 Å². The van der Waals surface area contributed by atoms with Crippen molar-refractivity contribution in [3.05, 3.63) is 63.1 Å². The molecule has 1 heterocycles. The van der Waals surface area contributed by atoms with Crippen molar-refractivity contribution in [2.24, 2.45) is 17.8 Å². The van der Waals surface area contributed by atoms with Crippen molar-refractivity contribution >= 4 is 58.2 Å². The Balaban J connectivity index is 1.33. The van der Waals surface area contributed by atoms with Gasteiger partial charge in [-0.3, -0.25) is 9.36 Å². The third-order valence-electron chi connectivity index (χ3n) is 7.35. The van der Waals surface area contributed by atoms with E-state index in [9.17, 15) is 9.18 Å². The molecule has 11 heteroatoms. The smallest absolute Gasteiger partial charge is 0.234 e. The molecule has 37 heavy (non-hydrogen) atoms. The van der Waals surface area contributed by atoms with Crippen LogP contribution in [-0.2, 0) is 11.4 Å². The van der Waals surface area contributed by atoms with Gasteiger partial charge in [0, 0.05) is 11.1 Å². The van der Waals surface area contributed by atoms with Crippen molar-refractivity contribution in [2.45, 2.75) is 50.4 Å². The SMILES string of the molecule is C[C@H]([C@@H]1C[C@H]2CC[C@H]1C2)n1c(COc2ccccc2F)nnc1SCC(=O)Nc1c(Cl)cc(Cl)cc1Cl. The third kappa shape index (κ3) is 5.87. The number of para-hydroxylation sites is 1. The molecule has 2 saturated carbocycles. The van der Waals surface area contributed by atoms with Gasteiger partial charge in [-0.1, -0.05) is 65.1 Å². The minimum atomic E-state index is -0.430. The third-order valence-corrected chi connectivity index (χ3v) is 9.11. The first kappa shape index (κ1) is 26.6. The van der Waals surface area contributed by atoms with Crippen LogP contribution in [0.4, 0.5) is 10.1 Å². The maximum Gasteiger partial charge on any atom is 0.234 e. The van der Waals surface area contributed by atoms with Crippen LogP contribution in [0.1, 0.15) is 44.5 Å². The molecule has 0 radical (unpaired) electrons. The average molecular weight is 584 g/mol. The van der Waals surface area contributed by atoms with Gasteiger partial charge in [0.2, 0.25) is 5.91 Å². The molecule has 5 rings (SSSR count). The second kappa shape index (κ2) is 11.4. The Morgan fingerprint density at radius 3 is 2.62 bits per heavy atom. The molecule has 2 fully saturated rings. The van der Waals surface area contributed by atoms with E-state index in [1.165, 1.54) is 55.6 Å². The predicted octanol–water partition coefficient (Wildman–Crippen LogP) is 7.68. The Kier molecular flexibility index (Phi) is 8.19. The van der Waals surface area contributed by atoms with Gasteiger partial charge in [-0.05, 0) is 68.2 Å². The number of amides is 1. The lowest BCUT2D eigenvalue weighted by molar-refractivity contribution is -0.113. The van der Waals surface area contributed by atoms with E-state index in [-0.39, 0.29) is 40.1 Å². The summed E-state index contributed by atoms with van der Waals surface area (Å²) in [5.41, 5.74) is 0.314. The van der Waals surface area contributed by atoms with Crippen LogP contribution in [0.3, 0.4) is 0 Å². The quantitative estimate of drug-likeness (QED) is 0.262. The van der Waals surface area contributed by atoms with Crippen LogP contribution in [0.15, 0.2) is 41.6 Å². The number of ether oxygens (including phenoxy) is 1. The van der Waals surface area contributed by atoms with Crippen molar-refractivity contribution in [2.75, 3.05) is 11.1 Å². The Hall–Kier alpha value is -2.00. The van der Waals surface area contributed by atoms with E-state index in [0.29, 0.717) is 33.5 Å². The molecule has 4 atom stereocenters. The molecule has 2 aromatic carbocycles. The Bertz CT molecular complexity index is 1280. The zero-order valence-electron chi connectivity index (χ0n) is 20.1. The molecule has 1 N–H and O–H groups in total. The fraction of sp³-hybridized carbons (Fsp3) is 0.423. The molecule has 1 aromatic heterocycles. The van der Waals surface area contributed by atoms with Crippen LogP contribution < -0.4 is 10.1 Å². The van der Waals surface area contributed by atoms with Gasteiger partial charge < -0.3 is 10.1 Å². The van der Waals surface area contributed by atoms with E-state index in [0.717, 1.165) is 5.92 Å². The summed E-state index contributed by atoms with van der Waals surface area (Å²) >= 11 is 19.7. The van der Waals surface area contributed by atoms with E-state index >= 15 is 0 Å². The van der Waals surface area contributed by atoms with Gasteiger partial charge in [0.1, 0.15) is 6.61 Å². The molecule has 6 nitrogen and oxygen atoms in total. The number of rotatable bonds is 9. The predicted molar refractivity (Wildman–Crippen MR) is 145 cm³/mol. The number of fused-ring (bicyclic) bond motifs is 2. The highest BCUT2D eigenvalue weighted by Crippen LogP contribution is 2.52. The van der Waals surface area contributed by atoms with Crippen LogP contribution in [0, 0.1) is 23.6 Å². The lowest BCUT2D eigenvalue weighted by atomic mass is 9.84. The summed E-state index contributed by atoms with van der Waals surface area (Å²) in [5.74, 6) is 2.08. The molecule has 0 aliphatic heterocycles. The zero-order chi connectivity index (χ0) is 26.1. The fourth-order valence-corrected chi connectivity index (χ4v) is 7.41. The first-order chi connectivity index (χ1) is 17.8. The van der Waals surface area contributed by atoms with Crippen molar-refractivity contribution in [3.63, 3.8) is 0 Å². The van der Waals surface area contributed by atoms with Gasteiger partial charge in [-0.15, -0.1) is 10.2 Å². The standard InChI is InChI=1S/C26H26Cl3FN4O2S/c1-14(18-9-15-6-7-16(18)8-15)34-23(12-36-22-5-3-2-4-21(22)30)32-33-26(34)37-13-24(35)31-25-19(28)10-17(27)11-20(25)29/h2-5,10-11,14-16,18H,6-9,12-13H2,1H3,(H,31,35)/t14-,15+,16+,18+/m1/s1. The topological polar surface area (TPSA) is 69.0 Å². The number of thioether (sulfide) groups is 1. The molecule has 3 aromatic rings. The molecule has 0 spiro atoms. The van der Waals surface area contributed by atoms with Gasteiger partial charge in [-0.25, -0.2) is 4.39 Å². The Morgan fingerprint density at radius 2 is 1.95 bits per heavy atom. The van der Waals surface area contributed by atoms with E-state index in [2.05, 4.69) is 27.0 Å². The van der Waals surface area contributed by atoms with E-state index < -0.39 is 5.82 Å². The van der Waals surface area contributed by atoms with Crippen molar-refractivity contribution in [3.8, 4) is 5.75 Å². The lowest BCUT2D eigenvalue weighted by Gasteiger charge is -2.30. The number of carbonyl (C=O) groups excluding carboxylic acids is 1. The molecular weight excluding hydrogens is 558 g/mol. The summed E-state index contributed by atoms with van der Waals surface area (Å²) in [4.78, 5) is 12.8. The molecule has 2 aliphatic carbocycles. The highest BCUT2D eigenvalue weighted by atomic mass is 35.5. The molecule has 1 amide bonds. The first-order valence-corrected chi connectivity index (χ1v) is 14.3. The number of carbonyl (C=O) groups is 1. The summed E-state index contributed by atoms with van der Waals surface area (Å²) in [7, 11) is 0. The van der Waals surface area contributed by atoms with Crippen molar-refractivity contribution in [1.82, 2.24) is 14.8 Å². The average Bonchev–Trinajstić information content (AvgIpc) is 3.60. The monoisotopic (exact) mass is 582 g/mol. The van der Waals surface area contributed by atoms with E-state index in [1.54, 1.807) is 18.2 Å². The summed E-state index contributed by atoms with van der Waals surface area (Å²) in [6.45, 7) is 2.25. The molecule has 0 unspecified atom stereocenters. The summed E-state index contributed by atoms with van der Waals surface area (Å²) in [6.07, 6.45) is 4.99. The number of hydrogen-bond acceptors (Lipinski definition) is 5. The van der Waals surface area contributed by atoms with Crippen LogP contribution in [0.5, 0.6) is 5.75 Å². The number of benzene rings is 2. The highest BCUT2D eigenvalue weighted by molar-refractivity contribution is 7.99. The van der Waals surface area contributed by atoms with Gasteiger partial charge in [0.15, 0.2) is 22.5 Å². The first-order valence-electron chi connectivity index (χ1n) is 12.2. The molecule has 2 bridgehead atoms. The molecular formula is C26H26Cl3FN4O2S. The number of halogens is 4. The second-order valence-corrected chi connectivity index (χ2v) is 11.8. The second-order valence-electron chi connectivity index (χ2n) is 9.65. The minimum Gasteiger partial charge on any atom is -0.483 e. The van der Waals surface area contributed by atoms with Crippen LogP contribution in [-0.4, -0.2) is 26.4 Å². The number of aromatic nitrogens is 3. The van der Waals surface area contributed by atoms with Crippen molar-refractivity contribution in [1.29, 1.82) is 0 Å². The van der Waals surface area contributed by atoms with Crippen LogP contribution in [0.2, 0.25) is 15.1 Å². The summed E-state index contributed by atoms with van der Waals surface area (Å²) in [6, 6.07) is 9.45. The van der Waals surface area contributed by atoms with Gasteiger partial charge in [-0.2, -0.15) is 0 Å². The highest BCUT2D eigenvalue weighted by Gasteiger charge is 2.43. The number of nitrogens with one attached hydrogen (secondary N) is 1. The fourth-order valence-electron chi connectivity index (χ4n) is 5.66. The number of anilines is 1. The van der Waals surface area contributed by atoms with E-state index in [1.807, 2.05) is 0 Å². The van der Waals surface area contributed by atoms with Crippen LogP contribution in [0.25, 0.3) is 0 Å². The number of hydrogen-bond donors (Lipinski definition) is 1. The number of nitrogens with zero attached hydrogens (tertiary/aromatic N) is 3. The maximum atomic E-state index is 14.1. The Labute approximate surface area is 234 Å². The molecule has 2 aliphatic rings. The zero-order valence-corrected chi connectivity index (χ0v) is 23.2. The van der Waals surface area contributed by atoms with Gasteiger partial charge >= 0.3 is 0 Å². The van der Waals surface area contributed by atoms with Gasteiger partial charge in [0.05, 0.1) is 21.5 Å². The van der Waals surface area contributed by atoms with Crippen molar-refractivity contribution < 1.29 is 13.9 Å². The largest absolute Gasteiger partial charge is 0.483 e. The normalized spacial score (nSPS) is 21.3. The minimum absolute atomic E-state index is 0.0713. The van der Waals surface area contributed by atoms with Gasteiger partial charge in [0.25, 0.3) is 0 Å². The maximum absolute atomic E-state index is 14.1. The van der Waals surface area contributed by atoms with E-state index in [4.69, 9.17) is 39.5 Å².